The molecule has 2 N–H and O–H groups in total. The third-order valence-electron chi connectivity index (χ3n) is 5.50. The number of piperidine rings is 1. The average molecular weight is 434 g/mol. The van der Waals surface area contributed by atoms with Gasteiger partial charge in [0.1, 0.15) is 12.4 Å². The molecular formula is C19H32ClN3O4S. The van der Waals surface area contributed by atoms with E-state index in [0.29, 0.717) is 43.6 Å². The van der Waals surface area contributed by atoms with E-state index in [1.54, 1.807) is 24.3 Å². The molecule has 0 bridgehead atoms. The van der Waals surface area contributed by atoms with Crippen LogP contribution in [0.1, 0.15) is 20.3 Å². The highest BCUT2D eigenvalue weighted by atomic mass is 35.5. The monoisotopic (exact) mass is 433 g/mol. The molecule has 7 nitrogen and oxygen atoms in total. The summed E-state index contributed by atoms with van der Waals surface area (Å²) in [6, 6.07) is 6.93. The van der Waals surface area contributed by atoms with Gasteiger partial charge < -0.3 is 15.2 Å². The molecule has 2 aliphatic rings. The molecule has 0 amide bonds. The zero-order valence-corrected chi connectivity index (χ0v) is 18.3. The first-order chi connectivity index (χ1) is 12.8. The summed E-state index contributed by atoms with van der Waals surface area (Å²) < 4.78 is 37.7. The van der Waals surface area contributed by atoms with Gasteiger partial charge >= 0.3 is 0 Å². The fraction of sp³-hybridized carbons (Fsp3) is 0.684. The summed E-state index contributed by atoms with van der Waals surface area (Å²) in [5.41, 5.74) is 6.30. The maximum Gasteiger partial charge on any atom is 0.243 e. The van der Waals surface area contributed by atoms with E-state index in [1.807, 2.05) is 0 Å². The van der Waals surface area contributed by atoms with E-state index >= 15 is 0 Å². The maximum atomic E-state index is 12.6. The summed E-state index contributed by atoms with van der Waals surface area (Å²) >= 11 is 0. The Bertz CT molecular complexity index is 721. The number of halogens is 1. The molecule has 1 aromatic rings. The molecule has 28 heavy (non-hydrogen) atoms. The predicted octanol–water partition coefficient (Wildman–Crippen LogP) is 1.57. The number of ether oxygens (including phenoxy) is 2. The lowest BCUT2D eigenvalue weighted by molar-refractivity contribution is 0.0730. The van der Waals surface area contributed by atoms with Crippen LogP contribution in [0.3, 0.4) is 0 Å². The number of nitrogens with two attached hydrogens (primary N) is 1. The molecule has 1 atom stereocenters. The van der Waals surface area contributed by atoms with Crippen LogP contribution in [-0.4, -0.2) is 76.2 Å². The van der Waals surface area contributed by atoms with E-state index in [-0.39, 0.29) is 23.9 Å². The van der Waals surface area contributed by atoms with E-state index in [1.165, 1.54) is 4.31 Å². The number of benzene rings is 1. The van der Waals surface area contributed by atoms with E-state index < -0.39 is 10.0 Å². The van der Waals surface area contributed by atoms with Crippen molar-refractivity contribution in [2.45, 2.75) is 31.2 Å². The number of likely N-dealkylation sites (tertiary alicyclic amines) is 1. The first-order valence-corrected chi connectivity index (χ1v) is 11.0. The maximum absolute atomic E-state index is 12.6. The van der Waals surface area contributed by atoms with Gasteiger partial charge in [0.05, 0.1) is 18.1 Å². The Hall–Kier alpha value is -0.900. The van der Waals surface area contributed by atoms with Gasteiger partial charge in [-0.2, -0.15) is 4.31 Å². The van der Waals surface area contributed by atoms with Crippen LogP contribution in [0, 0.1) is 5.41 Å². The summed E-state index contributed by atoms with van der Waals surface area (Å²) in [5.74, 6) is 0.684. The molecule has 2 saturated heterocycles. The van der Waals surface area contributed by atoms with Crippen LogP contribution in [0.5, 0.6) is 5.75 Å². The molecule has 1 unspecified atom stereocenters. The minimum absolute atomic E-state index is 0. The van der Waals surface area contributed by atoms with Crippen molar-refractivity contribution in [2.24, 2.45) is 11.1 Å². The molecule has 3 rings (SSSR count). The molecule has 1 aromatic carbocycles. The third kappa shape index (κ3) is 5.58. The van der Waals surface area contributed by atoms with Gasteiger partial charge in [-0.05, 0) is 42.6 Å². The van der Waals surface area contributed by atoms with Crippen molar-refractivity contribution in [2.75, 3.05) is 52.5 Å². The van der Waals surface area contributed by atoms with E-state index in [2.05, 4.69) is 18.7 Å². The van der Waals surface area contributed by atoms with Crippen molar-refractivity contribution in [3.63, 3.8) is 0 Å². The first kappa shape index (κ1) is 23.4. The largest absolute Gasteiger partial charge is 0.492 e. The van der Waals surface area contributed by atoms with Crippen LogP contribution in [0.2, 0.25) is 0 Å². The molecule has 2 fully saturated rings. The van der Waals surface area contributed by atoms with Gasteiger partial charge in [0, 0.05) is 32.2 Å². The zero-order valence-electron chi connectivity index (χ0n) is 16.7. The second kappa shape index (κ2) is 9.73. The molecule has 0 aliphatic carbocycles. The summed E-state index contributed by atoms with van der Waals surface area (Å²) in [4.78, 5) is 2.67. The highest BCUT2D eigenvalue weighted by molar-refractivity contribution is 7.89. The first-order valence-electron chi connectivity index (χ1n) is 9.58. The Kier molecular flexibility index (Phi) is 8.13. The standard InChI is InChI=1S/C19H31N3O4S.ClH/c1-19(2)15-21(8-7-18(19)20)9-14-26-16-3-5-17(6-4-16)27(23,24)22-10-12-25-13-11-22;/h3-6,18H,7-15,20H2,1-2H3;1H. The number of morpholine rings is 1. The highest BCUT2D eigenvalue weighted by Crippen LogP contribution is 2.27. The Labute approximate surface area is 174 Å². The van der Waals surface area contributed by atoms with E-state index in [4.69, 9.17) is 15.2 Å². The fourth-order valence-corrected chi connectivity index (χ4v) is 5.02. The van der Waals surface area contributed by atoms with E-state index in [0.717, 1.165) is 26.1 Å². The lowest BCUT2D eigenvalue weighted by atomic mass is 9.80. The molecule has 0 radical (unpaired) electrons. The van der Waals surface area contributed by atoms with Crippen LogP contribution in [0.4, 0.5) is 0 Å². The van der Waals surface area contributed by atoms with Crippen molar-refractivity contribution >= 4 is 22.4 Å². The molecule has 160 valence electrons. The number of nitrogens with zero attached hydrogens (tertiary/aromatic N) is 2. The molecule has 0 spiro atoms. The highest BCUT2D eigenvalue weighted by Gasteiger charge is 2.33. The van der Waals surface area contributed by atoms with Crippen LogP contribution < -0.4 is 10.5 Å². The van der Waals surface area contributed by atoms with Gasteiger partial charge in [-0.1, -0.05) is 13.8 Å². The molecule has 0 aromatic heterocycles. The van der Waals surface area contributed by atoms with Crippen molar-refractivity contribution < 1.29 is 17.9 Å². The van der Waals surface area contributed by atoms with Crippen LogP contribution in [0.15, 0.2) is 29.2 Å². The smallest absolute Gasteiger partial charge is 0.243 e. The van der Waals surface area contributed by atoms with Gasteiger partial charge in [0.15, 0.2) is 0 Å². The zero-order chi connectivity index (χ0) is 19.5. The minimum Gasteiger partial charge on any atom is -0.492 e. The fourth-order valence-electron chi connectivity index (χ4n) is 3.61. The SMILES string of the molecule is CC1(C)CN(CCOc2ccc(S(=O)(=O)N3CCOCC3)cc2)CCC1N.Cl. The quantitative estimate of drug-likeness (QED) is 0.732. The van der Waals surface area contributed by atoms with Crippen LogP contribution in [-0.2, 0) is 14.8 Å². The Balaban J connectivity index is 0.00000280. The minimum atomic E-state index is -3.46. The summed E-state index contributed by atoms with van der Waals surface area (Å²) in [5, 5.41) is 0. The second-order valence-corrected chi connectivity index (χ2v) is 9.93. The number of rotatable bonds is 6. The van der Waals surface area contributed by atoms with Crippen molar-refractivity contribution in [1.29, 1.82) is 0 Å². The lowest BCUT2D eigenvalue weighted by Gasteiger charge is -2.42. The summed E-state index contributed by atoms with van der Waals surface area (Å²) in [6.45, 7) is 9.46. The van der Waals surface area contributed by atoms with Gasteiger partial charge in [-0.3, -0.25) is 4.90 Å². The number of hydrogen-bond acceptors (Lipinski definition) is 6. The second-order valence-electron chi connectivity index (χ2n) is 8.00. The summed E-state index contributed by atoms with van der Waals surface area (Å²) in [7, 11) is -3.46. The van der Waals surface area contributed by atoms with Crippen molar-refractivity contribution in [3.05, 3.63) is 24.3 Å². The van der Waals surface area contributed by atoms with Crippen LogP contribution >= 0.6 is 12.4 Å². The number of hydrogen-bond donors (Lipinski definition) is 1. The van der Waals surface area contributed by atoms with Crippen molar-refractivity contribution in [1.82, 2.24) is 9.21 Å². The van der Waals surface area contributed by atoms with Gasteiger partial charge in [-0.25, -0.2) is 8.42 Å². The molecule has 2 aliphatic heterocycles. The van der Waals surface area contributed by atoms with Gasteiger partial charge in [-0.15, -0.1) is 12.4 Å². The Morgan fingerprint density at radius 1 is 1.18 bits per heavy atom. The third-order valence-corrected chi connectivity index (χ3v) is 7.41. The average Bonchev–Trinajstić information content (AvgIpc) is 2.65. The van der Waals surface area contributed by atoms with Gasteiger partial charge in [0.2, 0.25) is 10.0 Å². The lowest BCUT2D eigenvalue weighted by Crippen LogP contribution is -2.53. The Morgan fingerprint density at radius 3 is 2.43 bits per heavy atom. The normalized spacial score (nSPS) is 23.8. The molecule has 2 heterocycles. The van der Waals surface area contributed by atoms with Crippen molar-refractivity contribution in [3.8, 4) is 5.75 Å². The molecular weight excluding hydrogens is 402 g/mol. The number of sulfonamides is 1. The topological polar surface area (TPSA) is 85.1 Å². The Morgan fingerprint density at radius 2 is 1.82 bits per heavy atom. The van der Waals surface area contributed by atoms with Crippen LogP contribution in [0.25, 0.3) is 0 Å². The van der Waals surface area contributed by atoms with E-state index in [9.17, 15) is 8.42 Å². The molecule has 9 heteroatoms. The molecule has 0 saturated carbocycles. The summed E-state index contributed by atoms with van der Waals surface area (Å²) in [6.07, 6.45) is 1.00. The van der Waals surface area contributed by atoms with Gasteiger partial charge in [0.25, 0.3) is 0 Å². The predicted molar refractivity (Wildman–Crippen MR) is 112 cm³/mol.